The van der Waals surface area contributed by atoms with Crippen LogP contribution in [0.5, 0.6) is 5.75 Å². The molecule has 1 saturated heterocycles. The summed E-state index contributed by atoms with van der Waals surface area (Å²) in [6.45, 7) is 5.62. The lowest BCUT2D eigenvalue weighted by Gasteiger charge is -2.24. The van der Waals surface area contributed by atoms with Gasteiger partial charge in [-0.3, -0.25) is 4.99 Å². The highest BCUT2D eigenvalue weighted by atomic mass is 32.2. The largest absolute Gasteiger partial charge is 0.494 e. The number of fused-ring (bicyclic) bond motifs is 1. The topological polar surface area (TPSA) is 59.0 Å². The molecule has 0 spiro atoms. The van der Waals surface area contributed by atoms with Gasteiger partial charge >= 0.3 is 0 Å². The number of nitrogens with zero attached hydrogens (tertiary/aromatic N) is 2. The minimum Gasteiger partial charge on any atom is -0.494 e. The van der Waals surface area contributed by atoms with Crippen molar-refractivity contribution >= 4 is 32.5 Å². The van der Waals surface area contributed by atoms with E-state index in [0.29, 0.717) is 6.61 Å². The standard InChI is InChI=1S/C16H22N2O3S2/c1-3-9-18(12-5-7-13(8-6-12)21-4-2)16-17-14-10-23(19,20)11-15(14)22-16/h5-8,14-15H,3-4,9-11H2,1-2H3/t14-,15+/m1/s1. The lowest BCUT2D eigenvalue weighted by molar-refractivity contribution is 0.340. The van der Waals surface area contributed by atoms with Gasteiger partial charge in [-0.15, -0.1) is 0 Å². The minimum atomic E-state index is -2.91. The van der Waals surface area contributed by atoms with Gasteiger partial charge in [0.2, 0.25) is 0 Å². The van der Waals surface area contributed by atoms with Gasteiger partial charge in [0.05, 0.1) is 24.2 Å². The Balaban J connectivity index is 1.80. The van der Waals surface area contributed by atoms with Crippen LogP contribution in [0.25, 0.3) is 0 Å². The maximum absolute atomic E-state index is 11.7. The van der Waals surface area contributed by atoms with Crippen LogP contribution in [-0.4, -0.2) is 49.5 Å². The van der Waals surface area contributed by atoms with E-state index in [2.05, 4.69) is 11.8 Å². The number of thioether (sulfide) groups is 1. The van der Waals surface area contributed by atoms with Crippen LogP contribution in [0.4, 0.5) is 5.69 Å². The second-order valence-electron chi connectivity index (χ2n) is 5.79. The van der Waals surface area contributed by atoms with Crippen molar-refractivity contribution in [1.29, 1.82) is 0 Å². The number of amidine groups is 1. The van der Waals surface area contributed by atoms with Crippen molar-refractivity contribution in [3.05, 3.63) is 24.3 Å². The first-order chi connectivity index (χ1) is 11.0. The average molecular weight is 354 g/mol. The summed E-state index contributed by atoms with van der Waals surface area (Å²) in [6.07, 6.45) is 1.00. The van der Waals surface area contributed by atoms with Gasteiger partial charge in [0.1, 0.15) is 5.75 Å². The summed E-state index contributed by atoms with van der Waals surface area (Å²) in [7, 11) is -2.91. The van der Waals surface area contributed by atoms with Crippen LogP contribution in [0.3, 0.4) is 0 Å². The monoisotopic (exact) mass is 354 g/mol. The zero-order valence-electron chi connectivity index (χ0n) is 13.4. The van der Waals surface area contributed by atoms with Crippen molar-refractivity contribution in [3.8, 4) is 5.75 Å². The van der Waals surface area contributed by atoms with E-state index >= 15 is 0 Å². The molecular formula is C16H22N2O3S2. The number of anilines is 1. The first-order valence-corrected chi connectivity index (χ1v) is 10.7. The highest BCUT2D eigenvalue weighted by molar-refractivity contribution is 8.15. The van der Waals surface area contributed by atoms with Gasteiger partial charge in [0.25, 0.3) is 0 Å². The SMILES string of the molecule is CCCN(C1=N[C@@H]2CS(=O)(=O)C[C@@H]2S1)c1ccc(OCC)cc1. The molecule has 0 unspecified atom stereocenters. The fraction of sp³-hybridized carbons (Fsp3) is 0.562. The number of hydrogen-bond donors (Lipinski definition) is 0. The Kier molecular flexibility index (Phi) is 4.87. The van der Waals surface area contributed by atoms with Gasteiger partial charge < -0.3 is 9.64 Å². The molecule has 126 valence electrons. The van der Waals surface area contributed by atoms with Crippen LogP contribution in [0.15, 0.2) is 29.3 Å². The van der Waals surface area contributed by atoms with Gasteiger partial charge in [0, 0.05) is 17.5 Å². The Labute approximate surface area is 142 Å². The van der Waals surface area contributed by atoms with Crippen molar-refractivity contribution in [1.82, 2.24) is 0 Å². The van der Waals surface area contributed by atoms with Crippen molar-refractivity contribution in [3.63, 3.8) is 0 Å². The van der Waals surface area contributed by atoms with Gasteiger partial charge in [-0.05, 0) is 37.6 Å². The smallest absolute Gasteiger partial charge is 0.164 e. The molecule has 3 rings (SSSR count). The van der Waals surface area contributed by atoms with E-state index in [0.717, 1.165) is 29.6 Å². The van der Waals surface area contributed by atoms with E-state index in [4.69, 9.17) is 9.73 Å². The van der Waals surface area contributed by atoms with E-state index in [9.17, 15) is 8.42 Å². The maximum atomic E-state index is 11.7. The highest BCUT2D eigenvalue weighted by Gasteiger charge is 2.43. The molecule has 0 N–H and O–H groups in total. The summed E-state index contributed by atoms with van der Waals surface area (Å²) >= 11 is 1.61. The number of aliphatic imine (C=N–C) groups is 1. The Hall–Kier alpha value is -1.21. The second kappa shape index (κ2) is 6.73. The molecule has 0 amide bonds. The predicted octanol–water partition coefficient (Wildman–Crippen LogP) is 2.57. The maximum Gasteiger partial charge on any atom is 0.164 e. The average Bonchev–Trinajstić information content (AvgIpc) is 2.99. The molecule has 0 radical (unpaired) electrons. The lowest BCUT2D eigenvalue weighted by Crippen LogP contribution is -2.29. The molecule has 2 heterocycles. The van der Waals surface area contributed by atoms with Crippen molar-refractivity contribution in [2.75, 3.05) is 29.6 Å². The molecular weight excluding hydrogens is 332 g/mol. The molecule has 5 nitrogen and oxygen atoms in total. The summed E-state index contributed by atoms with van der Waals surface area (Å²) < 4.78 is 28.9. The molecule has 7 heteroatoms. The molecule has 2 atom stereocenters. The Morgan fingerprint density at radius 3 is 2.61 bits per heavy atom. The van der Waals surface area contributed by atoms with Gasteiger partial charge in [0.15, 0.2) is 15.0 Å². The third kappa shape index (κ3) is 3.66. The Morgan fingerprint density at radius 1 is 1.26 bits per heavy atom. The van der Waals surface area contributed by atoms with Crippen LogP contribution in [0.2, 0.25) is 0 Å². The Morgan fingerprint density at radius 2 is 2.00 bits per heavy atom. The Bertz CT molecular complexity index is 686. The molecule has 2 aliphatic rings. The van der Waals surface area contributed by atoms with Crippen LogP contribution in [0, 0.1) is 0 Å². The summed E-state index contributed by atoms with van der Waals surface area (Å²) in [4.78, 5) is 6.88. The van der Waals surface area contributed by atoms with Crippen molar-refractivity contribution in [2.24, 2.45) is 4.99 Å². The van der Waals surface area contributed by atoms with Crippen LogP contribution < -0.4 is 9.64 Å². The molecule has 1 aromatic rings. The summed E-state index contributed by atoms with van der Waals surface area (Å²) in [6, 6.07) is 7.92. The van der Waals surface area contributed by atoms with Gasteiger partial charge in [-0.1, -0.05) is 18.7 Å². The van der Waals surface area contributed by atoms with Crippen molar-refractivity contribution in [2.45, 2.75) is 31.6 Å². The van der Waals surface area contributed by atoms with Crippen LogP contribution in [0.1, 0.15) is 20.3 Å². The highest BCUT2D eigenvalue weighted by Crippen LogP contribution is 2.37. The minimum absolute atomic E-state index is 0.0806. The van der Waals surface area contributed by atoms with E-state index in [1.165, 1.54) is 0 Å². The molecule has 0 aromatic heterocycles. The molecule has 0 bridgehead atoms. The van der Waals surface area contributed by atoms with Crippen LogP contribution in [-0.2, 0) is 9.84 Å². The third-order valence-corrected chi connectivity index (χ3v) is 7.19. The zero-order valence-corrected chi connectivity index (χ0v) is 15.1. The normalized spacial score (nSPS) is 25.0. The fourth-order valence-corrected chi connectivity index (χ4v) is 6.73. The zero-order chi connectivity index (χ0) is 16.4. The second-order valence-corrected chi connectivity index (χ2v) is 9.15. The van der Waals surface area contributed by atoms with E-state index in [-0.39, 0.29) is 22.8 Å². The summed E-state index contributed by atoms with van der Waals surface area (Å²) in [5, 5.41) is 1.03. The van der Waals surface area contributed by atoms with E-state index in [1.54, 1.807) is 11.8 Å². The number of benzene rings is 1. The van der Waals surface area contributed by atoms with E-state index < -0.39 is 9.84 Å². The molecule has 1 aromatic carbocycles. The number of ether oxygens (including phenoxy) is 1. The molecule has 0 aliphatic carbocycles. The predicted molar refractivity (Wildman–Crippen MR) is 96.5 cm³/mol. The summed E-state index contributed by atoms with van der Waals surface area (Å²) in [5.74, 6) is 1.30. The summed E-state index contributed by atoms with van der Waals surface area (Å²) in [5.41, 5.74) is 1.07. The van der Waals surface area contributed by atoms with Crippen molar-refractivity contribution < 1.29 is 13.2 Å². The van der Waals surface area contributed by atoms with E-state index in [1.807, 2.05) is 31.2 Å². The number of hydrogen-bond acceptors (Lipinski definition) is 6. The lowest BCUT2D eigenvalue weighted by atomic mass is 10.2. The quantitative estimate of drug-likeness (QED) is 0.813. The number of sulfone groups is 1. The van der Waals surface area contributed by atoms with Gasteiger partial charge in [-0.25, -0.2) is 8.42 Å². The molecule has 2 aliphatic heterocycles. The molecule has 1 fully saturated rings. The van der Waals surface area contributed by atoms with Gasteiger partial charge in [-0.2, -0.15) is 0 Å². The molecule has 0 saturated carbocycles. The fourth-order valence-electron chi connectivity index (χ4n) is 2.92. The third-order valence-electron chi connectivity index (χ3n) is 3.94. The first kappa shape index (κ1) is 16.6. The number of rotatable bonds is 5. The first-order valence-electron chi connectivity index (χ1n) is 7.97. The van der Waals surface area contributed by atoms with Crippen LogP contribution >= 0.6 is 11.8 Å². The molecule has 23 heavy (non-hydrogen) atoms.